The third-order valence-corrected chi connectivity index (χ3v) is 7.25. The highest BCUT2D eigenvalue weighted by molar-refractivity contribution is 6.11. The standard InChI is InChI=1S/C36H36N2O4/c1-25-17-21-29(22-18-25)33(39)37-35(41)31-15-9-7-13-27(31)11-5-3-4-6-12-28-14-8-10-16-32(28)36(42)38-34(40)30-23-19-26(2)20-24-30/h7-10,13-24H,3-6,11-12H2,1-2H3,(H,37,39,41)(H,38,40,42). The largest absolute Gasteiger partial charge is 0.288 e. The number of carbonyl (C=O) groups excluding carboxylic acids is 4. The fourth-order valence-electron chi connectivity index (χ4n) is 4.80. The van der Waals surface area contributed by atoms with Crippen LogP contribution in [0.3, 0.4) is 0 Å². The molecule has 4 aromatic carbocycles. The number of hydrogen-bond donors (Lipinski definition) is 2. The number of imide groups is 2. The summed E-state index contributed by atoms with van der Waals surface area (Å²) in [5.41, 5.74) is 5.83. The zero-order valence-corrected chi connectivity index (χ0v) is 24.1. The van der Waals surface area contributed by atoms with Gasteiger partial charge in [-0.15, -0.1) is 0 Å². The Morgan fingerprint density at radius 3 is 1.19 bits per heavy atom. The molecule has 4 amide bonds. The molecule has 0 aliphatic carbocycles. The lowest BCUT2D eigenvalue weighted by molar-refractivity contribution is 0.0832. The van der Waals surface area contributed by atoms with Gasteiger partial charge in [0.1, 0.15) is 0 Å². The molecule has 0 spiro atoms. The predicted molar refractivity (Wildman–Crippen MR) is 165 cm³/mol. The molecule has 6 nitrogen and oxygen atoms in total. The van der Waals surface area contributed by atoms with Gasteiger partial charge in [0.05, 0.1) is 0 Å². The highest BCUT2D eigenvalue weighted by atomic mass is 16.2. The van der Waals surface area contributed by atoms with Crippen molar-refractivity contribution in [1.82, 2.24) is 10.6 Å². The molecule has 0 aliphatic rings. The maximum atomic E-state index is 12.9. The quantitative estimate of drug-likeness (QED) is 0.156. The Kier molecular flexibility index (Phi) is 10.5. The Labute approximate surface area is 247 Å². The van der Waals surface area contributed by atoms with E-state index in [-0.39, 0.29) is 0 Å². The van der Waals surface area contributed by atoms with Crippen LogP contribution in [0.4, 0.5) is 0 Å². The molecule has 2 N–H and O–H groups in total. The van der Waals surface area contributed by atoms with Gasteiger partial charge in [-0.05, 0) is 87.1 Å². The molecule has 4 rings (SSSR count). The maximum Gasteiger partial charge on any atom is 0.258 e. The zero-order valence-electron chi connectivity index (χ0n) is 24.1. The summed E-state index contributed by atoms with van der Waals surface area (Å²) in [6, 6.07) is 29.0. The molecule has 6 heteroatoms. The zero-order chi connectivity index (χ0) is 29.9. The predicted octanol–water partition coefficient (Wildman–Crippen LogP) is 6.79. The van der Waals surface area contributed by atoms with Gasteiger partial charge in [-0.3, -0.25) is 29.8 Å². The molecular weight excluding hydrogens is 524 g/mol. The van der Waals surface area contributed by atoms with Crippen LogP contribution >= 0.6 is 0 Å². The Morgan fingerprint density at radius 1 is 0.452 bits per heavy atom. The molecular formula is C36H36N2O4. The van der Waals surface area contributed by atoms with Crippen LogP contribution in [0.5, 0.6) is 0 Å². The second-order valence-electron chi connectivity index (χ2n) is 10.5. The second kappa shape index (κ2) is 14.7. The van der Waals surface area contributed by atoms with Crippen molar-refractivity contribution in [3.63, 3.8) is 0 Å². The Bertz CT molecular complexity index is 1440. The molecule has 0 aliphatic heterocycles. The van der Waals surface area contributed by atoms with Crippen LogP contribution in [-0.4, -0.2) is 23.6 Å². The normalized spacial score (nSPS) is 10.6. The summed E-state index contributed by atoms with van der Waals surface area (Å²) in [5.74, 6) is -1.62. The maximum absolute atomic E-state index is 12.9. The minimum atomic E-state index is -0.414. The van der Waals surface area contributed by atoms with Gasteiger partial charge in [0, 0.05) is 22.3 Å². The number of rotatable bonds is 11. The molecule has 42 heavy (non-hydrogen) atoms. The first kappa shape index (κ1) is 30.1. The average molecular weight is 561 g/mol. The Hall–Kier alpha value is -4.84. The van der Waals surface area contributed by atoms with E-state index in [1.165, 1.54) is 0 Å². The van der Waals surface area contributed by atoms with E-state index in [1.54, 1.807) is 48.5 Å². The lowest BCUT2D eigenvalue weighted by Gasteiger charge is -2.11. The first-order chi connectivity index (χ1) is 20.3. The summed E-state index contributed by atoms with van der Waals surface area (Å²) in [7, 11) is 0. The smallest absolute Gasteiger partial charge is 0.258 e. The molecule has 0 saturated carbocycles. The van der Waals surface area contributed by atoms with Gasteiger partial charge in [0.15, 0.2) is 0 Å². The van der Waals surface area contributed by atoms with Crippen molar-refractivity contribution < 1.29 is 19.2 Å². The molecule has 0 heterocycles. The summed E-state index contributed by atoms with van der Waals surface area (Å²) in [6.07, 6.45) is 5.15. The lowest BCUT2D eigenvalue weighted by atomic mass is 9.98. The number of hydrogen-bond acceptors (Lipinski definition) is 4. The first-order valence-corrected chi connectivity index (χ1v) is 14.3. The number of carbonyl (C=O) groups is 4. The van der Waals surface area contributed by atoms with Crippen molar-refractivity contribution in [2.45, 2.75) is 52.4 Å². The van der Waals surface area contributed by atoms with E-state index < -0.39 is 23.6 Å². The highest BCUT2D eigenvalue weighted by Gasteiger charge is 2.16. The summed E-state index contributed by atoms with van der Waals surface area (Å²) in [4.78, 5) is 50.8. The van der Waals surface area contributed by atoms with E-state index in [9.17, 15) is 19.2 Å². The number of nitrogens with one attached hydrogen (secondary N) is 2. The molecule has 0 saturated heterocycles. The molecule has 0 fully saturated rings. The second-order valence-corrected chi connectivity index (χ2v) is 10.5. The number of amides is 4. The van der Waals surface area contributed by atoms with Gasteiger partial charge >= 0.3 is 0 Å². The molecule has 0 atom stereocenters. The van der Waals surface area contributed by atoms with Crippen LogP contribution in [0.15, 0.2) is 97.1 Å². The fraction of sp³-hybridized carbons (Fsp3) is 0.222. The van der Waals surface area contributed by atoms with E-state index in [1.807, 2.05) is 62.4 Å². The van der Waals surface area contributed by atoms with Crippen LogP contribution < -0.4 is 10.6 Å². The van der Waals surface area contributed by atoms with Gasteiger partial charge in [-0.25, -0.2) is 0 Å². The van der Waals surface area contributed by atoms with Crippen molar-refractivity contribution in [2.75, 3.05) is 0 Å². The summed E-state index contributed by atoms with van der Waals surface area (Å²) in [6.45, 7) is 3.89. The minimum Gasteiger partial charge on any atom is -0.288 e. The lowest BCUT2D eigenvalue weighted by Crippen LogP contribution is -2.31. The van der Waals surface area contributed by atoms with Gasteiger partial charge < -0.3 is 0 Å². The van der Waals surface area contributed by atoms with E-state index >= 15 is 0 Å². The highest BCUT2D eigenvalue weighted by Crippen LogP contribution is 2.17. The summed E-state index contributed by atoms with van der Waals surface area (Å²) >= 11 is 0. The van der Waals surface area contributed by atoms with E-state index in [0.717, 1.165) is 60.8 Å². The monoisotopic (exact) mass is 560 g/mol. The SMILES string of the molecule is Cc1ccc(C(=O)NC(=O)c2ccccc2CCCCCCc2ccccc2C(=O)NC(=O)c2ccc(C)cc2)cc1. The van der Waals surface area contributed by atoms with Crippen molar-refractivity contribution in [2.24, 2.45) is 0 Å². The minimum absolute atomic E-state index is 0.396. The number of aryl methyl sites for hydroxylation is 4. The third kappa shape index (κ3) is 8.33. The van der Waals surface area contributed by atoms with E-state index in [4.69, 9.17) is 0 Å². The van der Waals surface area contributed by atoms with Gasteiger partial charge in [-0.1, -0.05) is 84.6 Å². The molecule has 0 unspecified atom stereocenters. The third-order valence-electron chi connectivity index (χ3n) is 7.25. The fourth-order valence-corrected chi connectivity index (χ4v) is 4.80. The van der Waals surface area contributed by atoms with Crippen LogP contribution in [0, 0.1) is 13.8 Å². The van der Waals surface area contributed by atoms with E-state index in [2.05, 4.69) is 10.6 Å². The van der Waals surface area contributed by atoms with Gasteiger partial charge in [-0.2, -0.15) is 0 Å². The Morgan fingerprint density at radius 2 is 0.810 bits per heavy atom. The summed E-state index contributed by atoms with van der Waals surface area (Å²) < 4.78 is 0. The molecule has 4 aromatic rings. The Balaban J connectivity index is 1.24. The number of benzene rings is 4. The average Bonchev–Trinajstić information content (AvgIpc) is 2.99. The van der Waals surface area contributed by atoms with Crippen LogP contribution in [0.25, 0.3) is 0 Å². The molecule has 0 bridgehead atoms. The summed E-state index contributed by atoms with van der Waals surface area (Å²) in [5, 5.41) is 5.01. The molecule has 214 valence electrons. The molecule has 0 radical (unpaired) electrons. The number of unbranched alkanes of at least 4 members (excludes halogenated alkanes) is 3. The van der Waals surface area contributed by atoms with E-state index in [0.29, 0.717) is 22.3 Å². The van der Waals surface area contributed by atoms with Crippen molar-refractivity contribution in [3.05, 3.63) is 142 Å². The van der Waals surface area contributed by atoms with Gasteiger partial charge in [0.2, 0.25) is 0 Å². The topological polar surface area (TPSA) is 92.3 Å². The van der Waals surface area contributed by atoms with Crippen LogP contribution in [-0.2, 0) is 12.8 Å². The first-order valence-electron chi connectivity index (χ1n) is 14.3. The van der Waals surface area contributed by atoms with Gasteiger partial charge in [0.25, 0.3) is 23.6 Å². The van der Waals surface area contributed by atoms with Crippen LogP contribution in [0.2, 0.25) is 0 Å². The van der Waals surface area contributed by atoms with Crippen molar-refractivity contribution in [3.8, 4) is 0 Å². The van der Waals surface area contributed by atoms with Crippen LogP contribution in [0.1, 0.15) is 89.4 Å². The van der Waals surface area contributed by atoms with Crippen molar-refractivity contribution >= 4 is 23.6 Å². The molecule has 0 aromatic heterocycles. The van der Waals surface area contributed by atoms with Crippen molar-refractivity contribution in [1.29, 1.82) is 0 Å².